The second-order valence-electron chi connectivity index (χ2n) is 3.82. The molecule has 1 unspecified atom stereocenters. The third-order valence-corrected chi connectivity index (χ3v) is 3.31. The number of amides is 1. The third kappa shape index (κ3) is 6.46. The van der Waals surface area contributed by atoms with Crippen LogP contribution in [-0.2, 0) is 14.8 Å². The Kier molecular flexibility index (Phi) is 5.82. The van der Waals surface area contributed by atoms with Gasteiger partial charge >= 0.3 is 0 Å². The molecule has 0 aliphatic heterocycles. The Morgan fingerprint density at radius 2 is 1.80 bits per heavy atom. The molecule has 0 saturated heterocycles. The zero-order valence-electron chi connectivity index (χ0n) is 9.70. The fourth-order valence-electron chi connectivity index (χ4n) is 1.06. The van der Waals surface area contributed by atoms with Crippen molar-refractivity contribution >= 4 is 15.9 Å². The highest BCUT2D eigenvalue weighted by molar-refractivity contribution is 7.89. The molecule has 0 spiro atoms. The van der Waals surface area contributed by atoms with Gasteiger partial charge in [0.2, 0.25) is 15.9 Å². The normalized spacial score (nSPS) is 13.9. The minimum Gasteiger partial charge on any atom is -0.353 e. The zero-order valence-corrected chi connectivity index (χ0v) is 10.5. The standard InChI is InChI=1S/C9H20N2O3S/c1-5-6-15(13,14)11-8(4)9(12)10-7(2)3/h7-8,11H,5-6H2,1-4H3,(H,10,12). The topological polar surface area (TPSA) is 75.3 Å². The maximum absolute atomic E-state index is 11.4. The van der Waals surface area contributed by atoms with E-state index in [1.165, 1.54) is 6.92 Å². The maximum Gasteiger partial charge on any atom is 0.238 e. The molecular formula is C9H20N2O3S. The van der Waals surface area contributed by atoms with Crippen LogP contribution in [0.3, 0.4) is 0 Å². The van der Waals surface area contributed by atoms with Gasteiger partial charge in [-0.05, 0) is 27.2 Å². The molecular weight excluding hydrogens is 216 g/mol. The first-order valence-corrected chi connectivity index (χ1v) is 6.74. The number of rotatable bonds is 6. The van der Waals surface area contributed by atoms with E-state index in [1.807, 2.05) is 13.8 Å². The Labute approximate surface area is 91.7 Å². The maximum atomic E-state index is 11.4. The molecule has 0 bridgehead atoms. The highest BCUT2D eigenvalue weighted by Crippen LogP contribution is 1.93. The van der Waals surface area contributed by atoms with E-state index in [9.17, 15) is 13.2 Å². The second-order valence-corrected chi connectivity index (χ2v) is 5.70. The molecule has 0 aromatic rings. The van der Waals surface area contributed by atoms with Gasteiger partial charge in [-0.2, -0.15) is 0 Å². The van der Waals surface area contributed by atoms with E-state index in [1.54, 1.807) is 6.92 Å². The molecule has 0 aliphatic carbocycles. The van der Waals surface area contributed by atoms with Crippen LogP contribution in [0.25, 0.3) is 0 Å². The van der Waals surface area contributed by atoms with Gasteiger partial charge in [-0.15, -0.1) is 0 Å². The fraction of sp³-hybridized carbons (Fsp3) is 0.889. The summed E-state index contributed by atoms with van der Waals surface area (Å²) in [6.45, 7) is 6.96. The van der Waals surface area contributed by atoms with Crippen molar-refractivity contribution in [2.24, 2.45) is 0 Å². The SMILES string of the molecule is CCCS(=O)(=O)NC(C)C(=O)NC(C)C. The number of carbonyl (C=O) groups is 1. The molecule has 5 nitrogen and oxygen atoms in total. The molecule has 0 aromatic carbocycles. The minimum atomic E-state index is -3.32. The van der Waals surface area contributed by atoms with E-state index in [0.717, 1.165) is 0 Å². The number of hydrogen-bond acceptors (Lipinski definition) is 3. The first-order valence-electron chi connectivity index (χ1n) is 5.09. The first kappa shape index (κ1) is 14.4. The van der Waals surface area contributed by atoms with Gasteiger partial charge in [0.25, 0.3) is 0 Å². The van der Waals surface area contributed by atoms with Crippen molar-refractivity contribution in [3.05, 3.63) is 0 Å². The van der Waals surface area contributed by atoms with Crippen LogP contribution in [0, 0.1) is 0 Å². The number of sulfonamides is 1. The average Bonchev–Trinajstić information content (AvgIpc) is 2.01. The second kappa shape index (κ2) is 6.07. The number of carbonyl (C=O) groups excluding carboxylic acids is 1. The van der Waals surface area contributed by atoms with Gasteiger partial charge in [-0.1, -0.05) is 6.92 Å². The van der Waals surface area contributed by atoms with Gasteiger partial charge < -0.3 is 5.32 Å². The van der Waals surface area contributed by atoms with Crippen LogP contribution in [0.4, 0.5) is 0 Å². The van der Waals surface area contributed by atoms with Crippen molar-refractivity contribution in [2.75, 3.05) is 5.75 Å². The summed E-state index contributed by atoms with van der Waals surface area (Å²) in [4.78, 5) is 11.4. The van der Waals surface area contributed by atoms with Crippen molar-refractivity contribution < 1.29 is 13.2 Å². The largest absolute Gasteiger partial charge is 0.353 e. The summed E-state index contributed by atoms with van der Waals surface area (Å²) in [7, 11) is -3.32. The van der Waals surface area contributed by atoms with Crippen molar-refractivity contribution in [2.45, 2.75) is 46.2 Å². The molecule has 0 aromatic heterocycles. The van der Waals surface area contributed by atoms with Gasteiger partial charge in [0, 0.05) is 6.04 Å². The van der Waals surface area contributed by atoms with Crippen LogP contribution in [0.1, 0.15) is 34.1 Å². The van der Waals surface area contributed by atoms with Gasteiger partial charge in [0.1, 0.15) is 0 Å². The molecule has 15 heavy (non-hydrogen) atoms. The summed E-state index contributed by atoms with van der Waals surface area (Å²) in [5.41, 5.74) is 0. The third-order valence-electron chi connectivity index (χ3n) is 1.65. The summed E-state index contributed by atoms with van der Waals surface area (Å²) >= 11 is 0. The summed E-state index contributed by atoms with van der Waals surface area (Å²) in [6.07, 6.45) is 0.536. The van der Waals surface area contributed by atoms with Crippen LogP contribution in [0.5, 0.6) is 0 Å². The molecule has 1 amide bonds. The Balaban J connectivity index is 4.24. The molecule has 2 N–H and O–H groups in total. The molecule has 0 rings (SSSR count). The molecule has 0 aliphatic rings. The fourth-order valence-corrected chi connectivity index (χ4v) is 2.36. The summed E-state index contributed by atoms with van der Waals surface area (Å²) in [5, 5.41) is 2.64. The lowest BCUT2D eigenvalue weighted by Gasteiger charge is -2.15. The predicted octanol–water partition coefficient (Wildman–Crippen LogP) is 0.229. The quantitative estimate of drug-likeness (QED) is 0.693. The molecule has 0 radical (unpaired) electrons. The summed E-state index contributed by atoms with van der Waals surface area (Å²) in [5.74, 6) is -0.253. The Bertz CT molecular complexity index is 298. The van der Waals surface area contributed by atoms with Gasteiger partial charge in [-0.3, -0.25) is 4.79 Å². The smallest absolute Gasteiger partial charge is 0.238 e. The predicted molar refractivity (Wildman–Crippen MR) is 60.0 cm³/mol. The minimum absolute atomic E-state index is 0.00984. The number of hydrogen-bond donors (Lipinski definition) is 2. The lowest BCUT2D eigenvalue weighted by molar-refractivity contribution is -0.122. The van der Waals surface area contributed by atoms with Crippen LogP contribution in [0.15, 0.2) is 0 Å². The van der Waals surface area contributed by atoms with E-state index in [-0.39, 0.29) is 17.7 Å². The Morgan fingerprint density at radius 1 is 1.27 bits per heavy atom. The summed E-state index contributed by atoms with van der Waals surface area (Å²) in [6, 6.07) is -0.709. The van der Waals surface area contributed by atoms with Gasteiger partial charge in [0.15, 0.2) is 0 Å². The first-order chi connectivity index (χ1) is 6.78. The van der Waals surface area contributed by atoms with Crippen molar-refractivity contribution in [1.82, 2.24) is 10.0 Å². The van der Waals surface area contributed by atoms with Crippen molar-refractivity contribution in [3.63, 3.8) is 0 Å². The summed E-state index contributed by atoms with van der Waals surface area (Å²) < 4.78 is 25.0. The molecule has 6 heteroatoms. The van der Waals surface area contributed by atoms with Crippen LogP contribution >= 0.6 is 0 Å². The zero-order chi connectivity index (χ0) is 12.1. The highest BCUT2D eigenvalue weighted by Gasteiger charge is 2.19. The number of nitrogens with one attached hydrogen (secondary N) is 2. The monoisotopic (exact) mass is 236 g/mol. The van der Waals surface area contributed by atoms with Crippen molar-refractivity contribution in [3.8, 4) is 0 Å². The van der Waals surface area contributed by atoms with E-state index in [2.05, 4.69) is 10.0 Å². The van der Waals surface area contributed by atoms with E-state index in [0.29, 0.717) is 6.42 Å². The molecule has 1 atom stereocenters. The lowest BCUT2D eigenvalue weighted by Crippen LogP contribution is -2.47. The highest BCUT2D eigenvalue weighted by atomic mass is 32.2. The molecule has 0 saturated carbocycles. The average molecular weight is 236 g/mol. The molecule has 0 fully saturated rings. The van der Waals surface area contributed by atoms with E-state index < -0.39 is 16.1 Å². The van der Waals surface area contributed by atoms with Crippen LogP contribution in [-0.4, -0.2) is 32.2 Å². The van der Waals surface area contributed by atoms with Gasteiger partial charge in [-0.25, -0.2) is 13.1 Å². The lowest BCUT2D eigenvalue weighted by atomic mass is 10.3. The van der Waals surface area contributed by atoms with E-state index >= 15 is 0 Å². The van der Waals surface area contributed by atoms with Crippen molar-refractivity contribution in [1.29, 1.82) is 0 Å². The van der Waals surface area contributed by atoms with Crippen LogP contribution < -0.4 is 10.0 Å². The Hall–Kier alpha value is -0.620. The molecule has 0 heterocycles. The Morgan fingerprint density at radius 3 is 2.20 bits per heavy atom. The van der Waals surface area contributed by atoms with Crippen LogP contribution in [0.2, 0.25) is 0 Å². The van der Waals surface area contributed by atoms with E-state index in [4.69, 9.17) is 0 Å². The molecule has 90 valence electrons. The van der Waals surface area contributed by atoms with Gasteiger partial charge in [0.05, 0.1) is 11.8 Å².